The average Bonchev–Trinajstić information content (AvgIpc) is 3.04. The molecular formula is C12H11ClFNO3. The van der Waals surface area contributed by atoms with Crippen molar-refractivity contribution in [1.82, 2.24) is 5.32 Å². The Hall–Kier alpha value is -1.62. The van der Waals surface area contributed by atoms with Gasteiger partial charge in [-0.3, -0.25) is 4.79 Å². The van der Waals surface area contributed by atoms with Gasteiger partial charge < -0.3 is 10.4 Å². The molecule has 0 aromatic heterocycles. The third kappa shape index (κ3) is 2.61. The number of aliphatic carboxylic acids is 1. The minimum atomic E-state index is -1.11. The minimum Gasteiger partial charge on any atom is -0.480 e. The summed E-state index contributed by atoms with van der Waals surface area (Å²) in [6.07, 6.45) is 0.801. The van der Waals surface area contributed by atoms with Crippen molar-refractivity contribution in [1.29, 1.82) is 0 Å². The van der Waals surface area contributed by atoms with Crippen molar-refractivity contribution in [3.8, 4) is 0 Å². The molecule has 1 amide bonds. The Bertz CT molecular complexity index is 514. The first-order valence-electron chi connectivity index (χ1n) is 5.41. The second-order valence-corrected chi connectivity index (χ2v) is 4.77. The van der Waals surface area contributed by atoms with Crippen LogP contribution in [-0.2, 0) is 16.0 Å². The van der Waals surface area contributed by atoms with Gasteiger partial charge in [-0.2, -0.15) is 0 Å². The lowest BCUT2D eigenvalue weighted by Crippen LogP contribution is -2.43. The molecule has 0 bridgehead atoms. The molecule has 1 aliphatic carbocycles. The highest BCUT2D eigenvalue weighted by Gasteiger charge is 2.51. The van der Waals surface area contributed by atoms with Crippen LogP contribution in [0.2, 0.25) is 5.02 Å². The molecule has 2 rings (SSSR count). The molecule has 0 radical (unpaired) electrons. The fourth-order valence-corrected chi connectivity index (χ4v) is 1.78. The largest absolute Gasteiger partial charge is 0.480 e. The number of hydrogen-bond acceptors (Lipinski definition) is 2. The highest BCUT2D eigenvalue weighted by molar-refractivity contribution is 6.30. The number of rotatable bonds is 4. The van der Waals surface area contributed by atoms with Crippen LogP contribution in [0.3, 0.4) is 0 Å². The number of carbonyl (C=O) groups excluding carboxylic acids is 1. The molecule has 0 spiro atoms. The zero-order valence-corrected chi connectivity index (χ0v) is 10.1. The molecule has 0 atom stereocenters. The molecule has 96 valence electrons. The van der Waals surface area contributed by atoms with E-state index in [1.807, 2.05) is 0 Å². The maximum absolute atomic E-state index is 13.2. The standard InChI is InChI=1S/C12H11ClFNO3/c13-8-2-1-7(5-9(8)14)6-10(16)15-12(3-4-12)11(17)18/h1-2,5H,3-4,6H2,(H,15,16)(H,17,18). The Morgan fingerprint density at radius 1 is 1.44 bits per heavy atom. The smallest absolute Gasteiger partial charge is 0.329 e. The molecule has 0 unspecified atom stereocenters. The molecule has 4 nitrogen and oxygen atoms in total. The van der Waals surface area contributed by atoms with E-state index in [1.54, 1.807) is 0 Å². The first-order chi connectivity index (χ1) is 8.43. The molecule has 1 fully saturated rings. The van der Waals surface area contributed by atoms with E-state index in [1.165, 1.54) is 18.2 Å². The summed E-state index contributed by atoms with van der Waals surface area (Å²) in [7, 11) is 0. The number of halogens is 2. The first-order valence-corrected chi connectivity index (χ1v) is 5.79. The van der Waals surface area contributed by atoms with Gasteiger partial charge in [0.05, 0.1) is 11.4 Å². The van der Waals surface area contributed by atoms with Gasteiger partial charge in [-0.1, -0.05) is 17.7 Å². The minimum absolute atomic E-state index is 0.0108. The average molecular weight is 272 g/mol. The Balaban J connectivity index is 1.99. The summed E-state index contributed by atoms with van der Waals surface area (Å²) < 4.78 is 13.2. The van der Waals surface area contributed by atoms with Gasteiger partial charge in [0.15, 0.2) is 0 Å². The summed E-state index contributed by atoms with van der Waals surface area (Å²) in [6, 6.07) is 4.07. The van der Waals surface area contributed by atoms with Gasteiger partial charge in [0.2, 0.25) is 5.91 Å². The van der Waals surface area contributed by atoms with Gasteiger partial charge >= 0.3 is 5.97 Å². The Morgan fingerprint density at radius 2 is 2.11 bits per heavy atom. The van der Waals surface area contributed by atoms with Crippen LogP contribution in [0.25, 0.3) is 0 Å². The number of benzene rings is 1. The van der Waals surface area contributed by atoms with Crippen LogP contribution >= 0.6 is 11.6 Å². The van der Waals surface area contributed by atoms with Crippen LogP contribution in [0.5, 0.6) is 0 Å². The molecule has 1 saturated carbocycles. The van der Waals surface area contributed by atoms with Crippen LogP contribution in [0, 0.1) is 5.82 Å². The summed E-state index contributed by atoms with van der Waals surface area (Å²) in [5.41, 5.74) is -0.655. The molecule has 0 heterocycles. The van der Waals surface area contributed by atoms with Gasteiger partial charge in [-0.05, 0) is 30.5 Å². The zero-order valence-electron chi connectivity index (χ0n) is 9.37. The summed E-state index contributed by atoms with van der Waals surface area (Å²) in [6.45, 7) is 0. The summed E-state index contributed by atoms with van der Waals surface area (Å²) in [4.78, 5) is 22.5. The summed E-state index contributed by atoms with van der Waals surface area (Å²) in [5, 5.41) is 11.4. The first kappa shape index (κ1) is 12.8. The van der Waals surface area contributed by atoms with Gasteiger partial charge in [0, 0.05) is 0 Å². The van der Waals surface area contributed by atoms with Gasteiger partial charge in [-0.25, -0.2) is 9.18 Å². The van der Waals surface area contributed by atoms with Crippen LogP contribution in [-0.4, -0.2) is 22.5 Å². The monoisotopic (exact) mass is 271 g/mol. The molecule has 0 saturated heterocycles. The Morgan fingerprint density at radius 3 is 2.61 bits per heavy atom. The molecular weight excluding hydrogens is 261 g/mol. The van der Waals surface area contributed by atoms with Crippen molar-refractivity contribution in [2.24, 2.45) is 0 Å². The van der Waals surface area contributed by atoms with Crippen molar-refractivity contribution in [3.05, 3.63) is 34.6 Å². The number of carboxylic acid groups (broad SMARTS) is 1. The zero-order chi connectivity index (χ0) is 13.3. The van der Waals surface area contributed by atoms with E-state index in [0.29, 0.717) is 18.4 Å². The van der Waals surface area contributed by atoms with Crippen LogP contribution < -0.4 is 5.32 Å². The van der Waals surface area contributed by atoms with Crippen molar-refractivity contribution in [3.63, 3.8) is 0 Å². The van der Waals surface area contributed by atoms with Gasteiger partial charge in [0.25, 0.3) is 0 Å². The molecule has 1 aliphatic rings. The third-order valence-corrected chi connectivity index (χ3v) is 3.19. The number of nitrogens with one attached hydrogen (secondary N) is 1. The lowest BCUT2D eigenvalue weighted by molar-refractivity contribution is -0.143. The predicted molar refractivity (Wildman–Crippen MR) is 62.9 cm³/mol. The molecule has 6 heteroatoms. The second-order valence-electron chi connectivity index (χ2n) is 4.36. The number of carbonyl (C=O) groups is 2. The van der Waals surface area contributed by atoms with E-state index in [-0.39, 0.29) is 11.4 Å². The highest BCUT2D eigenvalue weighted by atomic mass is 35.5. The van der Waals surface area contributed by atoms with E-state index < -0.39 is 23.2 Å². The lowest BCUT2D eigenvalue weighted by atomic mass is 10.1. The van der Waals surface area contributed by atoms with Crippen LogP contribution in [0.15, 0.2) is 18.2 Å². The van der Waals surface area contributed by atoms with Crippen molar-refractivity contribution in [2.75, 3.05) is 0 Å². The Kier molecular flexibility index (Phi) is 3.26. The van der Waals surface area contributed by atoms with E-state index in [4.69, 9.17) is 16.7 Å². The number of hydrogen-bond donors (Lipinski definition) is 2. The van der Waals surface area contributed by atoms with Gasteiger partial charge in [0.1, 0.15) is 11.4 Å². The predicted octanol–water partition coefficient (Wildman–Crippen LogP) is 1.75. The fourth-order valence-electron chi connectivity index (χ4n) is 1.66. The van der Waals surface area contributed by atoms with Crippen LogP contribution in [0.4, 0.5) is 4.39 Å². The lowest BCUT2D eigenvalue weighted by Gasteiger charge is -2.12. The summed E-state index contributed by atoms with van der Waals surface area (Å²) >= 11 is 5.52. The van der Waals surface area contributed by atoms with E-state index in [0.717, 1.165) is 0 Å². The fraction of sp³-hybridized carbons (Fsp3) is 0.333. The SMILES string of the molecule is O=C(Cc1ccc(Cl)c(F)c1)NC1(C(=O)O)CC1. The van der Waals surface area contributed by atoms with E-state index >= 15 is 0 Å². The van der Waals surface area contributed by atoms with Crippen molar-refractivity contribution < 1.29 is 19.1 Å². The van der Waals surface area contributed by atoms with E-state index in [9.17, 15) is 14.0 Å². The number of carboxylic acids is 1. The number of amides is 1. The topological polar surface area (TPSA) is 66.4 Å². The van der Waals surface area contributed by atoms with Gasteiger partial charge in [-0.15, -0.1) is 0 Å². The molecule has 1 aromatic carbocycles. The van der Waals surface area contributed by atoms with E-state index in [2.05, 4.69) is 5.32 Å². The third-order valence-electron chi connectivity index (χ3n) is 2.89. The maximum atomic E-state index is 13.2. The molecule has 1 aromatic rings. The molecule has 18 heavy (non-hydrogen) atoms. The normalized spacial score (nSPS) is 16.1. The Labute approximate surface area is 108 Å². The highest BCUT2D eigenvalue weighted by Crippen LogP contribution is 2.35. The quantitative estimate of drug-likeness (QED) is 0.877. The second kappa shape index (κ2) is 4.57. The molecule has 0 aliphatic heterocycles. The van der Waals surface area contributed by atoms with Crippen LogP contribution in [0.1, 0.15) is 18.4 Å². The molecule has 2 N–H and O–H groups in total. The summed E-state index contributed by atoms with van der Waals surface area (Å²) in [5.74, 6) is -2.06. The van der Waals surface area contributed by atoms with Crippen molar-refractivity contribution in [2.45, 2.75) is 24.8 Å². The van der Waals surface area contributed by atoms with Crippen molar-refractivity contribution >= 4 is 23.5 Å². The maximum Gasteiger partial charge on any atom is 0.329 e.